The van der Waals surface area contributed by atoms with Gasteiger partial charge in [0.05, 0.1) is 6.42 Å². The maximum absolute atomic E-state index is 12.7. The van der Waals surface area contributed by atoms with E-state index in [0.717, 1.165) is 37.2 Å². The lowest BCUT2D eigenvalue weighted by Gasteiger charge is -2.45. The standard InChI is InChI=1S/C30H40N3O3/c1-23(30(31)35)12-17-29(34)32-20-18-27(19-21-32)33(25-10-6-3-7-11-25)26-13-15-28(16-14-26)36-22-24-8-4-2-5-9-24/h2,4-5,8-9,13-17,23,25,27H,3,6-7,10-12,18-22H2,1H3,(H2,31,35). The Bertz CT molecular complexity index is 965. The molecule has 2 aromatic carbocycles. The van der Waals surface area contributed by atoms with Crippen molar-refractivity contribution in [3.63, 3.8) is 0 Å². The fourth-order valence-electron chi connectivity index (χ4n) is 5.42. The molecule has 1 aliphatic heterocycles. The number of rotatable bonds is 10. The van der Waals surface area contributed by atoms with E-state index in [9.17, 15) is 9.59 Å². The number of carbonyl (C=O) groups excluding carboxylic acids is 2. The summed E-state index contributed by atoms with van der Waals surface area (Å²) in [7, 11) is 0. The Morgan fingerprint density at radius 2 is 1.61 bits per heavy atom. The summed E-state index contributed by atoms with van der Waals surface area (Å²) in [5, 5.41) is 0. The minimum absolute atomic E-state index is 0.0192. The minimum atomic E-state index is -0.364. The van der Waals surface area contributed by atoms with Crippen molar-refractivity contribution in [3.05, 3.63) is 66.6 Å². The van der Waals surface area contributed by atoms with E-state index in [0.29, 0.717) is 25.1 Å². The second-order valence-electron chi connectivity index (χ2n) is 10.3. The lowest BCUT2D eigenvalue weighted by Crippen LogP contribution is -2.51. The number of hydrogen-bond donors (Lipinski definition) is 1. The number of likely N-dealkylation sites (tertiary alicyclic amines) is 1. The topological polar surface area (TPSA) is 75.9 Å². The third-order valence-electron chi connectivity index (χ3n) is 7.65. The third kappa shape index (κ3) is 7.02. The second-order valence-corrected chi connectivity index (χ2v) is 10.3. The molecule has 2 aliphatic rings. The van der Waals surface area contributed by atoms with E-state index in [-0.39, 0.29) is 17.7 Å². The Kier molecular flexibility index (Phi) is 9.26. The van der Waals surface area contributed by atoms with Crippen molar-refractivity contribution >= 4 is 17.5 Å². The quantitative estimate of drug-likeness (QED) is 0.502. The van der Waals surface area contributed by atoms with E-state index in [1.807, 2.05) is 23.1 Å². The number of ether oxygens (including phenoxy) is 1. The highest BCUT2D eigenvalue weighted by atomic mass is 16.5. The molecule has 2 N–H and O–H groups in total. The normalized spacial score (nSPS) is 18.0. The predicted molar refractivity (Wildman–Crippen MR) is 143 cm³/mol. The molecule has 1 aliphatic carbocycles. The molecule has 193 valence electrons. The van der Waals surface area contributed by atoms with Crippen LogP contribution in [-0.2, 0) is 16.2 Å². The summed E-state index contributed by atoms with van der Waals surface area (Å²) < 4.78 is 6.02. The van der Waals surface area contributed by atoms with Crippen molar-refractivity contribution in [2.75, 3.05) is 18.0 Å². The van der Waals surface area contributed by atoms with Crippen molar-refractivity contribution in [2.24, 2.45) is 11.7 Å². The Labute approximate surface area is 215 Å². The zero-order chi connectivity index (χ0) is 25.3. The molecule has 1 atom stereocenters. The zero-order valence-electron chi connectivity index (χ0n) is 21.5. The van der Waals surface area contributed by atoms with Gasteiger partial charge in [0.25, 0.3) is 0 Å². The fraction of sp³-hybridized carbons (Fsp3) is 0.500. The summed E-state index contributed by atoms with van der Waals surface area (Å²) in [5.41, 5.74) is 7.74. The van der Waals surface area contributed by atoms with Gasteiger partial charge in [-0.25, -0.2) is 0 Å². The van der Waals surface area contributed by atoms with Crippen molar-refractivity contribution in [2.45, 2.75) is 77.0 Å². The highest BCUT2D eigenvalue weighted by Gasteiger charge is 2.32. The van der Waals surface area contributed by atoms with Gasteiger partial charge in [-0.3, -0.25) is 9.59 Å². The summed E-state index contributed by atoms with van der Waals surface area (Å²) in [4.78, 5) is 28.5. The van der Waals surface area contributed by atoms with E-state index in [1.54, 1.807) is 13.3 Å². The molecule has 0 spiro atoms. The number of amides is 2. The van der Waals surface area contributed by atoms with Gasteiger partial charge in [-0.1, -0.05) is 56.5 Å². The van der Waals surface area contributed by atoms with Crippen LogP contribution in [0, 0.1) is 12.3 Å². The molecule has 4 rings (SSSR count). The van der Waals surface area contributed by atoms with Crippen LogP contribution in [0.4, 0.5) is 5.69 Å². The first-order chi connectivity index (χ1) is 17.5. The third-order valence-corrected chi connectivity index (χ3v) is 7.65. The lowest BCUT2D eigenvalue weighted by molar-refractivity contribution is -0.129. The first-order valence-electron chi connectivity index (χ1n) is 13.5. The first-order valence-corrected chi connectivity index (χ1v) is 13.5. The Morgan fingerprint density at radius 1 is 0.972 bits per heavy atom. The maximum Gasteiger partial charge on any atom is 0.226 e. The second kappa shape index (κ2) is 12.8. The highest BCUT2D eigenvalue weighted by Crippen LogP contribution is 2.33. The molecule has 1 saturated carbocycles. The van der Waals surface area contributed by atoms with Gasteiger partial charge in [-0.05, 0) is 61.9 Å². The van der Waals surface area contributed by atoms with Crippen molar-refractivity contribution in [1.82, 2.24) is 4.90 Å². The summed E-state index contributed by atoms with van der Waals surface area (Å²) in [6, 6.07) is 19.8. The van der Waals surface area contributed by atoms with Crippen LogP contribution in [0.5, 0.6) is 5.75 Å². The van der Waals surface area contributed by atoms with Crippen LogP contribution >= 0.6 is 0 Å². The number of primary amides is 1. The average molecular weight is 491 g/mol. The molecule has 2 fully saturated rings. The SMILES string of the molecule is CC(C[CH]C(=O)N1CCC(N(c2ccc(OCc3ccccc3)cc2)C2CCCCC2)CC1)C(N)=O. The van der Waals surface area contributed by atoms with Gasteiger partial charge < -0.3 is 20.3 Å². The molecule has 1 radical (unpaired) electrons. The first kappa shape index (κ1) is 26.1. The van der Waals surface area contributed by atoms with Crippen molar-refractivity contribution < 1.29 is 14.3 Å². The maximum atomic E-state index is 12.7. The largest absolute Gasteiger partial charge is 0.489 e. The van der Waals surface area contributed by atoms with Crippen molar-refractivity contribution in [3.8, 4) is 5.75 Å². The molecular formula is C30H40N3O3. The number of carbonyl (C=O) groups is 2. The molecule has 0 aromatic heterocycles. The highest BCUT2D eigenvalue weighted by molar-refractivity contribution is 5.86. The number of nitrogens with zero attached hydrogens (tertiary/aromatic N) is 2. The van der Waals surface area contributed by atoms with Gasteiger partial charge in [-0.2, -0.15) is 0 Å². The number of hydrogen-bond acceptors (Lipinski definition) is 4. The Morgan fingerprint density at radius 3 is 2.25 bits per heavy atom. The monoisotopic (exact) mass is 490 g/mol. The fourth-order valence-corrected chi connectivity index (χ4v) is 5.42. The average Bonchev–Trinajstić information content (AvgIpc) is 2.92. The Hall–Kier alpha value is -3.02. The van der Waals surface area contributed by atoms with Crippen LogP contribution < -0.4 is 15.4 Å². The number of anilines is 1. The van der Waals surface area contributed by atoms with Gasteiger partial charge >= 0.3 is 0 Å². The van der Waals surface area contributed by atoms with E-state index < -0.39 is 0 Å². The van der Waals surface area contributed by atoms with Gasteiger partial charge in [0.2, 0.25) is 11.8 Å². The molecule has 36 heavy (non-hydrogen) atoms. The molecular weight excluding hydrogens is 450 g/mol. The number of nitrogens with two attached hydrogens (primary N) is 1. The molecule has 2 aromatic rings. The van der Waals surface area contributed by atoms with E-state index >= 15 is 0 Å². The zero-order valence-corrected chi connectivity index (χ0v) is 21.5. The molecule has 1 saturated heterocycles. The lowest BCUT2D eigenvalue weighted by atomic mass is 9.90. The van der Waals surface area contributed by atoms with Gasteiger partial charge in [-0.15, -0.1) is 0 Å². The van der Waals surface area contributed by atoms with Crippen LogP contribution in [-0.4, -0.2) is 41.9 Å². The summed E-state index contributed by atoms with van der Waals surface area (Å²) in [6.07, 6.45) is 10.3. The van der Waals surface area contributed by atoms with Gasteiger partial charge in [0, 0.05) is 36.8 Å². The van der Waals surface area contributed by atoms with Crippen LogP contribution in [0.15, 0.2) is 54.6 Å². The molecule has 6 nitrogen and oxygen atoms in total. The van der Waals surface area contributed by atoms with Crippen LogP contribution in [0.1, 0.15) is 63.9 Å². The van der Waals surface area contributed by atoms with E-state index in [2.05, 4.69) is 41.3 Å². The molecule has 6 heteroatoms. The van der Waals surface area contributed by atoms with Gasteiger partial charge in [0.1, 0.15) is 12.4 Å². The van der Waals surface area contributed by atoms with Crippen LogP contribution in [0.25, 0.3) is 0 Å². The van der Waals surface area contributed by atoms with E-state index in [1.165, 1.54) is 37.8 Å². The summed E-state index contributed by atoms with van der Waals surface area (Å²) in [5.74, 6) is 0.225. The number of benzene rings is 2. The summed E-state index contributed by atoms with van der Waals surface area (Å²) >= 11 is 0. The van der Waals surface area contributed by atoms with Crippen LogP contribution in [0.2, 0.25) is 0 Å². The molecule has 1 unspecified atom stereocenters. The van der Waals surface area contributed by atoms with Crippen LogP contribution in [0.3, 0.4) is 0 Å². The van der Waals surface area contributed by atoms with Crippen molar-refractivity contribution in [1.29, 1.82) is 0 Å². The predicted octanol–water partition coefficient (Wildman–Crippen LogP) is 5.11. The van der Waals surface area contributed by atoms with E-state index in [4.69, 9.17) is 10.5 Å². The number of piperidine rings is 1. The summed E-state index contributed by atoms with van der Waals surface area (Å²) in [6.45, 7) is 3.81. The smallest absolute Gasteiger partial charge is 0.226 e. The molecule has 0 bridgehead atoms. The Balaban J connectivity index is 1.37. The minimum Gasteiger partial charge on any atom is -0.489 e. The van der Waals surface area contributed by atoms with Gasteiger partial charge in [0.15, 0.2) is 0 Å². The molecule has 1 heterocycles. The molecule has 2 amide bonds.